The number of fused-ring (bicyclic) bond motifs is 1. The standard InChI is InChI=1S/C15H19N3O2/c1-10-5-3-7-12-13(10)17(2)15(20)18(14(12)19)11-6-4-8-16-9-11/h3,5,7,11,16H,4,6,8-9H2,1-2H3. The van der Waals surface area contributed by atoms with Gasteiger partial charge in [0.25, 0.3) is 5.56 Å². The van der Waals surface area contributed by atoms with Gasteiger partial charge < -0.3 is 5.32 Å². The van der Waals surface area contributed by atoms with Crippen molar-refractivity contribution in [2.45, 2.75) is 25.8 Å². The molecular formula is C15H19N3O2. The summed E-state index contributed by atoms with van der Waals surface area (Å²) < 4.78 is 3.02. The summed E-state index contributed by atoms with van der Waals surface area (Å²) in [4.78, 5) is 25.2. The molecule has 1 aliphatic heterocycles. The maximum atomic E-state index is 12.7. The molecule has 1 unspecified atom stereocenters. The Morgan fingerprint density at radius 3 is 2.80 bits per heavy atom. The average molecular weight is 273 g/mol. The van der Waals surface area contributed by atoms with E-state index in [4.69, 9.17) is 0 Å². The molecule has 2 aromatic rings. The van der Waals surface area contributed by atoms with Crippen LogP contribution < -0.4 is 16.6 Å². The molecule has 1 saturated heterocycles. The van der Waals surface area contributed by atoms with Gasteiger partial charge in [0.1, 0.15) is 0 Å². The Bertz CT molecular complexity index is 767. The maximum absolute atomic E-state index is 12.7. The average Bonchev–Trinajstić information content (AvgIpc) is 2.46. The molecular weight excluding hydrogens is 254 g/mol. The quantitative estimate of drug-likeness (QED) is 0.841. The lowest BCUT2D eigenvalue weighted by Gasteiger charge is -2.25. The summed E-state index contributed by atoms with van der Waals surface area (Å²) in [6.07, 6.45) is 1.87. The number of aromatic nitrogens is 2. The summed E-state index contributed by atoms with van der Waals surface area (Å²) in [5, 5.41) is 3.88. The lowest BCUT2D eigenvalue weighted by Crippen LogP contribution is -2.46. The van der Waals surface area contributed by atoms with Gasteiger partial charge in [-0.15, -0.1) is 0 Å². The second kappa shape index (κ2) is 4.90. The van der Waals surface area contributed by atoms with Crippen LogP contribution in [0.1, 0.15) is 24.4 Å². The minimum Gasteiger partial charge on any atom is -0.315 e. The van der Waals surface area contributed by atoms with Crippen LogP contribution in [0.3, 0.4) is 0 Å². The molecule has 0 amide bonds. The van der Waals surface area contributed by atoms with Crippen molar-refractivity contribution in [3.05, 3.63) is 44.6 Å². The van der Waals surface area contributed by atoms with Crippen molar-refractivity contribution in [3.8, 4) is 0 Å². The summed E-state index contributed by atoms with van der Waals surface area (Å²) >= 11 is 0. The minimum absolute atomic E-state index is 0.0418. The first kappa shape index (κ1) is 13.1. The van der Waals surface area contributed by atoms with Gasteiger partial charge in [-0.05, 0) is 37.9 Å². The first-order chi connectivity index (χ1) is 9.61. The van der Waals surface area contributed by atoms with Crippen molar-refractivity contribution in [1.29, 1.82) is 0 Å². The third-order valence-corrected chi connectivity index (χ3v) is 4.15. The van der Waals surface area contributed by atoms with Crippen LogP contribution in [0.15, 0.2) is 27.8 Å². The largest absolute Gasteiger partial charge is 0.331 e. The topological polar surface area (TPSA) is 56.0 Å². The highest BCUT2D eigenvalue weighted by Gasteiger charge is 2.21. The van der Waals surface area contributed by atoms with Crippen molar-refractivity contribution < 1.29 is 0 Å². The van der Waals surface area contributed by atoms with Crippen LogP contribution in [-0.4, -0.2) is 22.2 Å². The molecule has 0 bridgehead atoms. The van der Waals surface area contributed by atoms with Crippen molar-refractivity contribution in [2.75, 3.05) is 13.1 Å². The SMILES string of the molecule is Cc1cccc2c(=O)n(C3CCCNC3)c(=O)n(C)c12. The summed E-state index contributed by atoms with van der Waals surface area (Å²) in [7, 11) is 1.74. The highest BCUT2D eigenvalue weighted by molar-refractivity contribution is 5.81. The molecule has 2 heterocycles. The zero-order chi connectivity index (χ0) is 14.3. The number of para-hydroxylation sites is 1. The first-order valence-electron chi connectivity index (χ1n) is 7.03. The predicted octanol–water partition coefficient (Wildman–Crippen LogP) is 0.933. The predicted molar refractivity (Wildman–Crippen MR) is 79.3 cm³/mol. The summed E-state index contributed by atoms with van der Waals surface area (Å²) in [6, 6.07) is 5.55. The fourth-order valence-electron chi connectivity index (χ4n) is 3.13. The zero-order valence-electron chi connectivity index (χ0n) is 11.8. The Hall–Kier alpha value is -1.88. The Morgan fingerprint density at radius 1 is 1.30 bits per heavy atom. The van der Waals surface area contributed by atoms with Gasteiger partial charge in [-0.1, -0.05) is 12.1 Å². The number of aryl methyl sites for hydroxylation is 2. The number of benzene rings is 1. The van der Waals surface area contributed by atoms with E-state index in [9.17, 15) is 9.59 Å². The number of rotatable bonds is 1. The van der Waals surface area contributed by atoms with Crippen LogP contribution in [0, 0.1) is 6.92 Å². The zero-order valence-corrected chi connectivity index (χ0v) is 11.8. The minimum atomic E-state index is -0.217. The van der Waals surface area contributed by atoms with E-state index >= 15 is 0 Å². The summed E-state index contributed by atoms with van der Waals surface area (Å²) in [5.41, 5.74) is 1.31. The summed E-state index contributed by atoms with van der Waals surface area (Å²) in [6.45, 7) is 3.57. The van der Waals surface area contributed by atoms with E-state index < -0.39 is 0 Å². The van der Waals surface area contributed by atoms with Crippen LogP contribution >= 0.6 is 0 Å². The van der Waals surface area contributed by atoms with Crippen molar-refractivity contribution in [1.82, 2.24) is 14.5 Å². The molecule has 5 heteroatoms. The van der Waals surface area contributed by atoms with Gasteiger partial charge in [0, 0.05) is 13.6 Å². The number of piperidine rings is 1. The fourth-order valence-corrected chi connectivity index (χ4v) is 3.13. The molecule has 0 spiro atoms. The molecule has 3 rings (SSSR count). The molecule has 1 aliphatic rings. The number of nitrogens with one attached hydrogen (secondary N) is 1. The van der Waals surface area contributed by atoms with Gasteiger partial charge in [0.05, 0.1) is 16.9 Å². The highest BCUT2D eigenvalue weighted by Crippen LogP contribution is 2.16. The van der Waals surface area contributed by atoms with Crippen LogP contribution in [-0.2, 0) is 7.05 Å². The normalized spacial score (nSPS) is 19.4. The van der Waals surface area contributed by atoms with Gasteiger partial charge in [0.2, 0.25) is 0 Å². The van der Waals surface area contributed by atoms with E-state index in [1.54, 1.807) is 17.7 Å². The Kier molecular flexibility index (Phi) is 3.22. The van der Waals surface area contributed by atoms with Crippen LogP contribution in [0.5, 0.6) is 0 Å². The van der Waals surface area contributed by atoms with Gasteiger partial charge in [-0.3, -0.25) is 13.9 Å². The fraction of sp³-hybridized carbons (Fsp3) is 0.467. The maximum Gasteiger partial charge on any atom is 0.331 e. The van der Waals surface area contributed by atoms with Gasteiger partial charge >= 0.3 is 5.69 Å². The van der Waals surface area contributed by atoms with E-state index in [0.717, 1.165) is 30.5 Å². The molecule has 0 aliphatic carbocycles. The molecule has 5 nitrogen and oxygen atoms in total. The Balaban J connectivity index is 2.34. The van der Waals surface area contributed by atoms with Crippen LogP contribution in [0.4, 0.5) is 0 Å². The smallest absolute Gasteiger partial charge is 0.315 e. The lowest BCUT2D eigenvalue weighted by atomic mass is 10.1. The Morgan fingerprint density at radius 2 is 2.10 bits per heavy atom. The van der Waals surface area contributed by atoms with E-state index in [1.807, 2.05) is 19.1 Å². The number of hydrogen-bond acceptors (Lipinski definition) is 3. The van der Waals surface area contributed by atoms with E-state index in [1.165, 1.54) is 4.57 Å². The van der Waals surface area contributed by atoms with Crippen LogP contribution in [0.2, 0.25) is 0 Å². The van der Waals surface area contributed by atoms with E-state index in [0.29, 0.717) is 11.9 Å². The third-order valence-electron chi connectivity index (χ3n) is 4.15. The number of nitrogens with zero attached hydrogens (tertiary/aromatic N) is 2. The van der Waals surface area contributed by atoms with E-state index in [2.05, 4.69) is 5.32 Å². The lowest BCUT2D eigenvalue weighted by molar-refractivity contribution is 0.351. The Labute approximate surface area is 116 Å². The number of hydrogen-bond donors (Lipinski definition) is 1. The van der Waals surface area contributed by atoms with Gasteiger partial charge in [0.15, 0.2) is 0 Å². The third kappa shape index (κ3) is 1.89. The molecule has 1 N–H and O–H groups in total. The molecule has 0 saturated carbocycles. The van der Waals surface area contributed by atoms with E-state index in [-0.39, 0.29) is 17.3 Å². The highest BCUT2D eigenvalue weighted by atomic mass is 16.2. The monoisotopic (exact) mass is 273 g/mol. The van der Waals surface area contributed by atoms with Gasteiger partial charge in [-0.25, -0.2) is 4.79 Å². The second-order valence-electron chi connectivity index (χ2n) is 5.49. The summed E-state index contributed by atoms with van der Waals surface area (Å²) in [5.74, 6) is 0. The van der Waals surface area contributed by atoms with Crippen molar-refractivity contribution in [2.24, 2.45) is 7.05 Å². The molecule has 1 atom stereocenters. The van der Waals surface area contributed by atoms with Crippen molar-refractivity contribution >= 4 is 10.9 Å². The first-order valence-corrected chi connectivity index (χ1v) is 7.03. The molecule has 106 valence electrons. The van der Waals surface area contributed by atoms with Gasteiger partial charge in [-0.2, -0.15) is 0 Å². The van der Waals surface area contributed by atoms with Crippen molar-refractivity contribution in [3.63, 3.8) is 0 Å². The molecule has 0 radical (unpaired) electrons. The molecule has 1 fully saturated rings. The molecule has 1 aromatic heterocycles. The second-order valence-corrected chi connectivity index (χ2v) is 5.49. The molecule has 1 aromatic carbocycles. The molecule has 20 heavy (non-hydrogen) atoms. The van der Waals surface area contributed by atoms with Crippen LogP contribution in [0.25, 0.3) is 10.9 Å².